The Kier molecular flexibility index (Phi) is 5.66. The van der Waals surface area contributed by atoms with Gasteiger partial charge in [0.05, 0.1) is 17.6 Å². The third-order valence-electron chi connectivity index (χ3n) is 4.57. The van der Waals surface area contributed by atoms with Gasteiger partial charge in [-0.05, 0) is 61.9 Å². The van der Waals surface area contributed by atoms with E-state index < -0.39 is 0 Å². The van der Waals surface area contributed by atoms with Gasteiger partial charge in [0.1, 0.15) is 5.82 Å². The van der Waals surface area contributed by atoms with Crippen LogP contribution in [0.25, 0.3) is 22.4 Å². The quantitative estimate of drug-likeness (QED) is 0.459. The largest absolute Gasteiger partial charge is 0.490 e. The summed E-state index contributed by atoms with van der Waals surface area (Å²) in [7, 11) is 0. The van der Waals surface area contributed by atoms with Gasteiger partial charge in [-0.15, -0.1) is 0 Å². The SMILES string of the molecule is CCOc1cc(-c2nc3ccccc3[nH]2)ccc1OCC(=O)Nc1cccc(C)c1. The average Bonchev–Trinajstić information content (AvgIpc) is 3.17. The van der Waals surface area contributed by atoms with Gasteiger partial charge in [0, 0.05) is 11.3 Å². The van der Waals surface area contributed by atoms with E-state index in [0.717, 1.165) is 33.7 Å². The van der Waals surface area contributed by atoms with Gasteiger partial charge >= 0.3 is 0 Å². The van der Waals surface area contributed by atoms with Crippen LogP contribution < -0.4 is 14.8 Å². The number of amides is 1. The Morgan fingerprint density at radius 2 is 1.87 bits per heavy atom. The molecule has 0 bridgehead atoms. The van der Waals surface area contributed by atoms with Gasteiger partial charge in [-0.1, -0.05) is 24.3 Å². The fourth-order valence-electron chi connectivity index (χ4n) is 3.20. The second kappa shape index (κ2) is 8.69. The topological polar surface area (TPSA) is 76.2 Å². The molecule has 3 aromatic carbocycles. The number of aromatic amines is 1. The van der Waals surface area contributed by atoms with Crippen LogP contribution in [-0.4, -0.2) is 29.1 Å². The summed E-state index contributed by atoms with van der Waals surface area (Å²) in [6, 6.07) is 21.1. The highest BCUT2D eigenvalue weighted by atomic mass is 16.5. The summed E-state index contributed by atoms with van der Waals surface area (Å²) in [6.45, 7) is 4.25. The van der Waals surface area contributed by atoms with Crippen molar-refractivity contribution in [1.82, 2.24) is 9.97 Å². The molecule has 0 aliphatic heterocycles. The van der Waals surface area contributed by atoms with Crippen molar-refractivity contribution in [1.29, 1.82) is 0 Å². The highest BCUT2D eigenvalue weighted by Gasteiger charge is 2.12. The molecule has 0 aliphatic carbocycles. The Morgan fingerprint density at radius 3 is 2.67 bits per heavy atom. The van der Waals surface area contributed by atoms with Gasteiger partial charge in [0.2, 0.25) is 0 Å². The molecule has 30 heavy (non-hydrogen) atoms. The molecule has 0 aliphatic rings. The number of carbonyl (C=O) groups excluding carboxylic acids is 1. The van der Waals surface area contributed by atoms with Crippen LogP contribution >= 0.6 is 0 Å². The lowest BCUT2D eigenvalue weighted by molar-refractivity contribution is -0.118. The molecule has 4 aromatic rings. The van der Waals surface area contributed by atoms with Crippen molar-refractivity contribution >= 4 is 22.6 Å². The first-order chi connectivity index (χ1) is 14.6. The molecule has 0 saturated heterocycles. The maximum absolute atomic E-state index is 12.3. The summed E-state index contributed by atoms with van der Waals surface area (Å²) in [6.07, 6.45) is 0. The molecule has 0 saturated carbocycles. The Bertz CT molecular complexity index is 1150. The summed E-state index contributed by atoms with van der Waals surface area (Å²) in [4.78, 5) is 20.2. The van der Waals surface area contributed by atoms with Crippen molar-refractivity contribution in [3.05, 3.63) is 72.3 Å². The highest BCUT2D eigenvalue weighted by Crippen LogP contribution is 2.32. The number of hydrogen-bond donors (Lipinski definition) is 2. The van der Waals surface area contributed by atoms with E-state index in [4.69, 9.17) is 9.47 Å². The van der Waals surface area contributed by atoms with E-state index in [0.29, 0.717) is 18.1 Å². The third kappa shape index (κ3) is 4.43. The number of aromatic nitrogens is 2. The van der Waals surface area contributed by atoms with Crippen LogP contribution in [0.1, 0.15) is 12.5 Å². The molecule has 0 radical (unpaired) electrons. The molecule has 4 rings (SSSR count). The predicted octanol–water partition coefficient (Wildman–Crippen LogP) is 4.95. The predicted molar refractivity (Wildman–Crippen MR) is 118 cm³/mol. The third-order valence-corrected chi connectivity index (χ3v) is 4.57. The van der Waals surface area contributed by atoms with Gasteiger partial charge in [-0.2, -0.15) is 0 Å². The molecular weight excluding hydrogens is 378 g/mol. The number of hydrogen-bond acceptors (Lipinski definition) is 4. The number of aryl methyl sites for hydroxylation is 1. The zero-order valence-electron chi connectivity index (χ0n) is 16.9. The first kappa shape index (κ1) is 19.5. The monoisotopic (exact) mass is 401 g/mol. The molecule has 1 heterocycles. The molecule has 0 unspecified atom stereocenters. The Labute approximate surface area is 174 Å². The molecule has 1 aromatic heterocycles. The summed E-state index contributed by atoms with van der Waals surface area (Å²) in [5.74, 6) is 1.60. The molecule has 2 N–H and O–H groups in total. The van der Waals surface area contributed by atoms with E-state index in [9.17, 15) is 4.79 Å². The van der Waals surface area contributed by atoms with Crippen molar-refractivity contribution < 1.29 is 14.3 Å². The Morgan fingerprint density at radius 1 is 1.00 bits per heavy atom. The minimum atomic E-state index is -0.232. The number of fused-ring (bicyclic) bond motifs is 1. The van der Waals surface area contributed by atoms with Crippen LogP contribution in [0.15, 0.2) is 66.7 Å². The van der Waals surface area contributed by atoms with Gasteiger partial charge in [-0.3, -0.25) is 4.79 Å². The van der Waals surface area contributed by atoms with Crippen LogP contribution in [-0.2, 0) is 4.79 Å². The van der Waals surface area contributed by atoms with Crippen LogP contribution in [0, 0.1) is 6.92 Å². The number of anilines is 1. The van der Waals surface area contributed by atoms with Gasteiger partial charge in [-0.25, -0.2) is 4.98 Å². The molecule has 0 atom stereocenters. The maximum atomic E-state index is 12.3. The van der Waals surface area contributed by atoms with Gasteiger partial charge in [0.15, 0.2) is 18.1 Å². The Balaban J connectivity index is 1.49. The van der Waals surface area contributed by atoms with E-state index in [1.165, 1.54) is 0 Å². The van der Waals surface area contributed by atoms with E-state index >= 15 is 0 Å². The smallest absolute Gasteiger partial charge is 0.262 e. The van der Waals surface area contributed by atoms with Crippen molar-refractivity contribution in [3.8, 4) is 22.9 Å². The van der Waals surface area contributed by atoms with E-state index in [-0.39, 0.29) is 12.5 Å². The van der Waals surface area contributed by atoms with Crippen molar-refractivity contribution in [2.75, 3.05) is 18.5 Å². The minimum Gasteiger partial charge on any atom is -0.490 e. The highest BCUT2D eigenvalue weighted by molar-refractivity contribution is 5.92. The lowest BCUT2D eigenvalue weighted by Gasteiger charge is -2.13. The molecule has 152 valence electrons. The van der Waals surface area contributed by atoms with Crippen LogP contribution in [0.4, 0.5) is 5.69 Å². The molecule has 6 nitrogen and oxygen atoms in total. The number of imidazole rings is 1. The zero-order valence-corrected chi connectivity index (χ0v) is 16.9. The summed E-state index contributed by atoms with van der Waals surface area (Å²) < 4.78 is 11.5. The van der Waals surface area contributed by atoms with Gasteiger partial charge in [0.25, 0.3) is 5.91 Å². The lowest BCUT2D eigenvalue weighted by Crippen LogP contribution is -2.20. The second-order valence-electron chi connectivity index (χ2n) is 6.90. The first-order valence-corrected chi connectivity index (χ1v) is 9.83. The number of nitrogens with zero attached hydrogens (tertiary/aromatic N) is 1. The number of nitrogens with one attached hydrogen (secondary N) is 2. The summed E-state index contributed by atoms with van der Waals surface area (Å²) in [5, 5.41) is 2.84. The van der Waals surface area contributed by atoms with E-state index in [1.54, 1.807) is 6.07 Å². The van der Waals surface area contributed by atoms with Crippen LogP contribution in [0.3, 0.4) is 0 Å². The molecule has 0 fully saturated rings. The number of para-hydroxylation sites is 2. The van der Waals surface area contributed by atoms with Crippen molar-refractivity contribution in [2.24, 2.45) is 0 Å². The number of benzene rings is 3. The second-order valence-corrected chi connectivity index (χ2v) is 6.90. The average molecular weight is 401 g/mol. The number of rotatable bonds is 7. The number of H-pyrrole nitrogens is 1. The van der Waals surface area contributed by atoms with Crippen molar-refractivity contribution in [3.63, 3.8) is 0 Å². The molecule has 1 amide bonds. The molecule has 0 spiro atoms. The van der Waals surface area contributed by atoms with Crippen molar-refractivity contribution in [2.45, 2.75) is 13.8 Å². The van der Waals surface area contributed by atoms with Crippen LogP contribution in [0.2, 0.25) is 0 Å². The number of ether oxygens (including phenoxy) is 2. The zero-order chi connectivity index (χ0) is 20.9. The normalized spacial score (nSPS) is 10.7. The number of carbonyl (C=O) groups is 1. The Hall–Kier alpha value is -3.80. The van der Waals surface area contributed by atoms with Gasteiger partial charge < -0.3 is 19.8 Å². The fraction of sp³-hybridized carbons (Fsp3) is 0.167. The lowest BCUT2D eigenvalue weighted by atomic mass is 10.2. The fourth-order valence-corrected chi connectivity index (χ4v) is 3.20. The maximum Gasteiger partial charge on any atom is 0.262 e. The molecular formula is C24H23N3O3. The van der Waals surface area contributed by atoms with E-state index in [1.807, 2.05) is 74.5 Å². The van der Waals surface area contributed by atoms with Crippen LogP contribution in [0.5, 0.6) is 11.5 Å². The minimum absolute atomic E-state index is 0.113. The molecule has 6 heteroatoms. The standard InChI is InChI=1S/C24H23N3O3/c1-3-29-22-14-17(24-26-19-9-4-5-10-20(19)27-24)11-12-21(22)30-15-23(28)25-18-8-6-7-16(2)13-18/h4-14H,3,15H2,1-2H3,(H,25,28)(H,26,27). The van der Waals surface area contributed by atoms with E-state index in [2.05, 4.69) is 15.3 Å². The summed E-state index contributed by atoms with van der Waals surface area (Å²) in [5.41, 5.74) is 4.57. The first-order valence-electron chi connectivity index (χ1n) is 9.83. The summed E-state index contributed by atoms with van der Waals surface area (Å²) >= 11 is 0.